The van der Waals surface area contributed by atoms with Gasteiger partial charge in [-0.05, 0) is 57.0 Å². The summed E-state index contributed by atoms with van der Waals surface area (Å²) in [7, 11) is -3.36. The molecule has 5 nitrogen and oxygen atoms in total. The van der Waals surface area contributed by atoms with E-state index in [1.807, 2.05) is 12.1 Å². The highest BCUT2D eigenvalue weighted by molar-refractivity contribution is 7.89. The highest BCUT2D eigenvalue weighted by Crippen LogP contribution is 2.17. The smallest absolute Gasteiger partial charge is 0.240 e. The van der Waals surface area contributed by atoms with Gasteiger partial charge in [0.2, 0.25) is 10.0 Å². The summed E-state index contributed by atoms with van der Waals surface area (Å²) >= 11 is 0. The molecule has 3 N–H and O–H groups in total. The Morgan fingerprint density at radius 2 is 2.05 bits per heavy atom. The standard InChI is InChI=1S/C15H25N3O2S/c1-3-17-21(19,20)15-8-6-13(7-9-15)18-12(2)11-14-5-4-10-16-14/h6-9,12,14,16-18H,3-5,10-11H2,1-2H3. The van der Waals surface area contributed by atoms with Gasteiger partial charge in [-0.3, -0.25) is 0 Å². The Kier molecular flexibility index (Phi) is 5.61. The first-order valence-corrected chi connectivity index (χ1v) is 9.09. The van der Waals surface area contributed by atoms with Gasteiger partial charge in [0.25, 0.3) is 0 Å². The largest absolute Gasteiger partial charge is 0.383 e. The average Bonchev–Trinajstić information content (AvgIpc) is 2.92. The summed E-state index contributed by atoms with van der Waals surface area (Å²) in [4.78, 5) is 0.306. The van der Waals surface area contributed by atoms with Crippen molar-refractivity contribution >= 4 is 15.7 Å². The van der Waals surface area contributed by atoms with E-state index < -0.39 is 10.0 Å². The summed E-state index contributed by atoms with van der Waals surface area (Å²) in [5.74, 6) is 0. The van der Waals surface area contributed by atoms with Crippen LogP contribution in [0.1, 0.15) is 33.1 Å². The van der Waals surface area contributed by atoms with E-state index in [2.05, 4.69) is 22.3 Å². The van der Waals surface area contributed by atoms with Crippen LogP contribution in [0, 0.1) is 0 Å². The average molecular weight is 311 g/mol. The number of rotatable bonds is 7. The van der Waals surface area contributed by atoms with Gasteiger partial charge in [-0.15, -0.1) is 0 Å². The summed E-state index contributed by atoms with van der Waals surface area (Å²) in [5.41, 5.74) is 0.955. The topological polar surface area (TPSA) is 70.2 Å². The van der Waals surface area contributed by atoms with Crippen LogP contribution in [0.5, 0.6) is 0 Å². The second-order valence-corrected chi connectivity index (χ2v) is 7.37. The number of hydrogen-bond donors (Lipinski definition) is 3. The Morgan fingerprint density at radius 3 is 2.62 bits per heavy atom. The summed E-state index contributed by atoms with van der Waals surface area (Å²) in [5, 5.41) is 6.91. The van der Waals surface area contributed by atoms with Crippen LogP contribution in [0.4, 0.5) is 5.69 Å². The van der Waals surface area contributed by atoms with Crippen molar-refractivity contribution in [3.8, 4) is 0 Å². The molecule has 1 fully saturated rings. The Bertz CT molecular complexity index is 537. The number of benzene rings is 1. The SMILES string of the molecule is CCNS(=O)(=O)c1ccc(NC(C)CC2CCCN2)cc1. The van der Waals surface area contributed by atoms with Crippen LogP contribution in [0.15, 0.2) is 29.2 Å². The molecular weight excluding hydrogens is 286 g/mol. The van der Waals surface area contributed by atoms with Crippen molar-refractivity contribution in [1.82, 2.24) is 10.0 Å². The molecule has 0 radical (unpaired) electrons. The van der Waals surface area contributed by atoms with Crippen molar-refractivity contribution < 1.29 is 8.42 Å². The first-order valence-electron chi connectivity index (χ1n) is 7.61. The zero-order valence-corrected chi connectivity index (χ0v) is 13.5. The minimum Gasteiger partial charge on any atom is -0.383 e. The zero-order chi connectivity index (χ0) is 15.3. The van der Waals surface area contributed by atoms with Gasteiger partial charge >= 0.3 is 0 Å². The third-order valence-corrected chi connectivity index (χ3v) is 5.27. The lowest BCUT2D eigenvalue weighted by Crippen LogP contribution is -2.29. The minimum absolute atomic E-state index is 0.306. The number of sulfonamides is 1. The highest BCUT2D eigenvalue weighted by atomic mass is 32.2. The van der Waals surface area contributed by atoms with Crippen molar-refractivity contribution in [2.75, 3.05) is 18.4 Å². The minimum atomic E-state index is -3.36. The van der Waals surface area contributed by atoms with Crippen molar-refractivity contribution in [3.63, 3.8) is 0 Å². The fourth-order valence-corrected chi connectivity index (χ4v) is 3.77. The molecule has 2 atom stereocenters. The zero-order valence-electron chi connectivity index (χ0n) is 12.7. The summed E-state index contributed by atoms with van der Waals surface area (Å²) in [6, 6.07) is 7.88. The molecule has 1 saturated heterocycles. The second-order valence-electron chi connectivity index (χ2n) is 5.60. The van der Waals surface area contributed by atoms with Crippen LogP contribution in [0.2, 0.25) is 0 Å². The molecule has 21 heavy (non-hydrogen) atoms. The van der Waals surface area contributed by atoms with E-state index in [0.29, 0.717) is 23.5 Å². The Labute approximate surface area is 127 Å². The lowest BCUT2D eigenvalue weighted by atomic mass is 10.1. The van der Waals surface area contributed by atoms with Gasteiger partial charge < -0.3 is 10.6 Å². The fourth-order valence-electron chi connectivity index (χ4n) is 2.73. The first kappa shape index (κ1) is 16.3. The van der Waals surface area contributed by atoms with Gasteiger partial charge in [-0.25, -0.2) is 13.1 Å². The van der Waals surface area contributed by atoms with Gasteiger partial charge in [-0.1, -0.05) is 6.92 Å². The van der Waals surface area contributed by atoms with Gasteiger partial charge in [0, 0.05) is 24.3 Å². The molecule has 1 heterocycles. The number of anilines is 1. The van der Waals surface area contributed by atoms with Crippen LogP contribution in [-0.4, -0.2) is 33.6 Å². The third-order valence-electron chi connectivity index (χ3n) is 3.71. The van der Waals surface area contributed by atoms with Gasteiger partial charge in [0.15, 0.2) is 0 Å². The molecule has 0 aromatic heterocycles. The molecule has 2 rings (SSSR count). The summed E-state index contributed by atoms with van der Waals surface area (Å²) < 4.78 is 26.2. The lowest BCUT2D eigenvalue weighted by Gasteiger charge is -2.19. The predicted octanol–water partition coefficient (Wildman–Crippen LogP) is 1.93. The Hall–Kier alpha value is -1.11. The maximum atomic E-state index is 11.9. The highest BCUT2D eigenvalue weighted by Gasteiger charge is 2.17. The Morgan fingerprint density at radius 1 is 1.33 bits per heavy atom. The van der Waals surface area contributed by atoms with Crippen LogP contribution >= 0.6 is 0 Å². The van der Waals surface area contributed by atoms with Crippen molar-refractivity contribution in [2.45, 2.75) is 50.1 Å². The maximum absolute atomic E-state index is 11.9. The number of hydrogen-bond acceptors (Lipinski definition) is 4. The molecule has 1 aliphatic rings. The van der Waals surface area contributed by atoms with Crippen LogP contribution < -0.4 is 15.4 Å². The van der Waals surface area contributed by atoms with E-state index >= 15 is 0 Å². The molecule has 1 aliphatic heterocycles. The maximum Gasteiger partial charge on any atom is 0.240 e. The van der Waals surface area contributed by atoms with Crippen LogP contribution in [0.3, 0.4) is 0 Å². The monoisotopic (exact) mass is 311 g/mol. The van der Waals surface area contributed by atoms with Gasteiger partial charge in [-0.2, -0.15) is 0 Å². The normalized spacial score (nSPS) is 20.4. The van der Waals surface area contributed by atoms with E-state index in [0.717, 1.165) is 18.7 Å². The molecule has 0 amide bonds. The van der Waals surface area contributed by atoms with E-state index in [4.69, 9.17) is 0 Å². The van der Waals surface area contributed by atoms with E-state index in [1.54, 1.807) is 19.1 Å². The van der Waals surface area contributed by atoms with Crippen molar-refractivity contribution in [2.24, 2.45) is 0 Å². The van der Waals surface area contributed by atoms with E-state index in [1.165, 1.54) is 12.8 Å². The molecule has 0 bridgehead atoms. The second kappa shape index (κ2) is 7.24. The number of nitrogens with one attached hydrogen (secondary N) is 3. The molecule has 118 valence electrons. The molecule has 1 aromatic rings. The molecule has 0 saturated carbocycles. The molecule has 0 spiro atoms. The van der Waals surface area contributed by atoms with Gasteiger partial charge in [0.1, 0.15) is 0 Å². The molecular formula is C15H25N3O2S. The predicted molar refractivity (Wildman–Crippen MR) is 86.0 cm³/mol. The summed E-state index contributed by atoms with van der Waals surface area (Å²) in [6.07, 6.45) is 3.58. The third kappa shape index (κ3) is 4.69. The van der Waals surface area contributed by atoms with Crippen LogP contribution in [0.25, 0.3) is 0 Å². The summed E-state index contributed by atoms with van der Waals surface area (Å²) in [6.45, 7) is 5.44. The Balaban J connectivity index is 1.92. The quantitative estimate of drug-likeness (QED) is 0.719. The first-order chi connectivity index (χ1) is 10.0. The van der Waals surface area contributed by atoms with Crippen molar-refractivity contribution in [3.05, 3.63) is 24.3 Å². The van der Waals surface area contributed by atoms with Crippen LogP contribution in [-0.2, 0) is 10.0 Å². The molecule has 2 unspecified atom stereocenters. The molecule has 0 aliphatic carbocycles. The van der Waals surface area contributed by atoms with E-state index in [9.17, 15) is 8.42 Å². The van der Waals surface area contributed by atoms with Crippen molar-refractivity contribution in [1.29, 1.82) is 0 Å². The molecule has 1 aromatic carbocycles. The fraction of sp³-hybridized carbons (Fsp3) is 0.600. The van der Waals surface area contributed by atoms with E-state index in [-0.39, 0.29) is 0 Å². The lowest BCUT2D eigenvalue weighted by molar-refractivity contribution is 0.523. The molecule has 6 heteroatoms. The van der Waals surface area contributed by atoms with Gasteiger partial charge in [0.05, 0.1) is 4.90 Å².